The van der Waals surface area contributed by atoms with Crippen LogP contribution in [-0.4, -0.2) is 36.4 Å². The van der Waals surface area contributed by atoms with Gasteiger partial charge in [0.15, 0.2) is 0 Å². The molecule has 37 heavy (non-hydrogen) atoms. The predicted octanol–water partition coefficient (Wildman–Crippen LogP) is 4.65. The van der Waals surface area contributed by atoms with Crippen LogP contribution < -0.4 is 10.9 Å². The Kier molecular flexibility index (Phi) is 5.55. The Morgan fingerprint density at radius 1 is 0.919 bits per heavy atom. The van der Waals surface area contributed by atoms with Gasteiger partial charge in [-0.2, -0.15) is 9.78 Å². The normalized spacial score (nSPS) is 11.0. The molecule has 180 valence electrons. The maximum Gasteiger partial charge on any atom is 0.298 e. The molecular weight excluding hydrogens is 488 g/mol. The minimum absolute atomic E-state index is 0.101. The number of fused-ring (bicyclic) bond motifs is 1. The third kappa shape index (κ3) is 4.26. The highest BCUT2D eigenvalue weighted by Crippen LogP contribution is 2.28. The van der Waals surface area contributed by atoms with Crippen LogP contribution in [0.25, 0.3) is 38.7 Å². The number of anilines is 1. The van der Waals surface area contributed by atoms with Crippen molar-refractivity contribution in [3.05, 3.63) is 106 Å². The van der Waals surface area contributed by atoms with E-state index in [1.807, 2.05) is 60.0 Å². The van der Waals surface area contributed by atoms with Crippen LogP contribution in [-0.2, 0) is 4.79 Å². The summed E-state index contributed by atoms with van der Waals surface area (Å²) in [6.45, 7) is 0. The number of amides is 1. The molecule has 6 aromatic rings. The molecule has 6 rings (SSSR count). The lowest BCUT2D eigenvalue weighted by atomic mass is 10.1. The van der Waals surface area contributed by atoms with Gasteiger partial charge < -0.3 is 10.3 Å². The third-order valence-electron chi connectivity index (χ3n) is 5.76. The zero-order valence-electron chi connectivity index (χ0n) is 19.1. The van der Waals surface area contributed by atoms with Gasteiger partial charge in [0.2, 0.25) is 5.95 Å². The summed E-state index contributed by atoms with van der Waals surface area (Å²) in [5, 5.41) is 9.81. The number of nitrogens with one attached hydrogen (secondary N) is 3. The number of para-hydroxylation sites is 1. The van der Waals surface area contributed by atoms with E-state index < -0.39 is 11.7 Å². The molecule has 0 saturated carbocycles. The Hall–Kier alpha value is -5.09. The molecule has 0 saturated heterocycles. The molecule has 0 aliphatic heterocycles. The number of rotatable bonds is 6. The first-order valence-electron chi connectivity index (χ1n) is 11.3. The number of thiophene rings is 1. The molecule has 0 fully saturated rings. The van der Waals surface area contributed by atoms with Gasteiger partial charge in [-0.05, 0) is 17.5 Å². The highest BCUT2D eigenvalue weighted by Gasteiger charge is 2.23. The van der Waals surface area contributed by atoms with Crippen LogP contribution in [0.4, 0.5) is 5.82 Å². The second kappa shape index (κ2) is 9.17. The van der Waals surface area contributed by atoms with Gasteiger partial charge in [0.25, 0.3) is 17.2 Å². The van der Waals surface area contributed by atoms with Gasteiger partial charge in [0.1, 0.15) is 11.5 Å². The number of H-pyrrole nitrogens is 2. The largest absolute Gasteiger partial charge is 0.360 e. The topological polar surface area (TPSA) is 126 Å². The highest BCUT2D eigenvalue weighted by molar-refractivity contribution is 7.13. The molecular formula is C27H18N6O3S. The Bertz CT molecular complexity index is 1820. The summed E-state index contributed by atoms with van der Waals surface area (Å²) >= 11 is 1.47. The monoisotopic (exact) mass is 506 g/mol. The maximum absolute atomic E-state index is 13.1. The average molecular weight is 507 g/mol. The van der Waals surface area contributed by atoms with Crippen LogP contribution in [0.5, 0.6) is 0 Å². The average Bonchev–Trinajstić information content (AvgIpc) is 3.68. The molecule has 0 radical (unpaired) electrons. The lowest BCUT2D eigenvalue weighted by molar-refractivity contribution is -0.112. The molecule has 0 atom stereocenters. The number of Topliss-reactive ketones (excluding diaryl/α,β-unsaturated/α-hetero) is 1. The molecule has 0 bridgehead atoms. The Morgan fingerprint density at radius 2 is 1.73 bits per heavy atom. The summed E-state index contributed by atoms with van der Waals surface area (Å²) < 4.78 is 1.32. The molecule has 0 spiro atoms. The maximum atomic E-state index is 13.1. The van der Waals surface area contributed by atoms with E-state index in [4.69, 9.17) is 0 Å². The van der Waals surface area contributed by atoms with E-state index in [-0.39, 0.29) is 22.9 Å². The highest BCUT2D eigenvalue weighted by atomic mass is 32.1. The number of aromatic amines is 2. The predicted molar refractivity (Wildman–Crippen MR) is 142 cm³/mol. The van der Waals surface area contributed by atoms with E-state index in [9.17, 15) is 14.4 Å². The van der Waals surface area contributed by atoms with E-state index in [0.29, 0.717) is 16.8 Å². The quantitative estimate of drug-likeness (QED) is 0.224. The lowest BCUT2D eigenvalue weighted by Crippen LogP contribution is -2.25. The van der Waals surface area contributed by atoms with Crippen LogP contribution in [0.1, 0.15) is 10.4 Å². The van der Waals surface area contributed by atoms with Crippen LogP contribution in [0.15, 0.2) is 95.2 Å². The summed E-state index contributed by atoms with van der Waals surface area (Å²) in [7, 11) is 0. The summed E-state index contributed by atoms with van der Waals surface area (Å²) in [6.07, 6.45) is 1.52. The fourth-order valence-corrected chi connectivity index (χ4v) is 4.71. The van der Waals surface area contributed by atoms with Crippen molar-refractivity contribution in [2.75, 3.05) is 5.32 Å². The van der Waals surface area contributed by atoms with Crippen molar-refractivity contribution in [1.29, 1.82) is 0 Å². The number of ketones is 1. The van der Waals surface area contributed by atoms with Crippen molar-refractivity contribution >= 4 is 39.7 Å². The Morgan fingerprint density at radius 3 is 2.54 bits per heavy atom. The number of nitrogens with zero attached hydrogens (tertiary/aromatic N) is 3. The number of benzene rings is 2. The molecule has 0 aliphatic carbocycles. The molecule has 3 N–H and O–H groups in total. The number of carbonyl (C=O) groups is 2. The molecule has 10 heteroatoms. The molecule has 4 heterocycles. The molecule has 4 aromatic heterocycles. The van der Waals surface area contributed by atoms with Crippen LogP contribution in [0, 0.1) is 0 Å². The van der Waals surface area contributed by atoms with Crippen LogP contribution in [0.2, 0.25) is 0 Å². The fourth-order valence-electron chi connectivity index (χ4n) is 4.03. The van der Waals surface area contributed by atoms with Crippen LogP contribution in [0.3, 0.4) is 0 Å². The second-order valence-corrected chi connectivity index (χ2v) is 9.10. The van der Waals surface area contributed by atoms with Gasteiger partial charge in [0.05, 0.1) is 16.1 Å². The smallest absolute Gasteiger partial charge is 0.298 e. The molecule has 1 amide bonds. The van der Waals surface area contributed by atoms with Gasteiger partial charge in [0, 0.05) is 34.8 Å². The first-order chi connectivity index (χ1) is 18.1. The number of hydrogen-bond acceptors (Lipinski definition) is 6. The third-order valence-corrected chi connectivity index (χ3v) is 6.66. The summed E-state index contributed by atoms with van der Waals surface area (Å²) in [6, 6.07) is 23.3. The van der Waals surface area contributed by atoms with Crippen molar-refractivity contribution in [1.82, 2.24) is 24.7 Å². The fraction of sp³-hybridized carbons (Fsp3) is 0. The minimum atomic E-state index is -0.842. The van der Waals surface area contributed by atoms with Crippen LogP contribution >= 0.6 is 11.3 Å². The molecule has 0 unspecified atom stereocenters. The number of hydrogen-bond donors (Lipinski definition) is 3. The second-order valence-electron chi connectivity index (χ2n) is 8.16. The number of carbonyl (C=O) groups excluding carboxylic acids is 2. The summed E-state index contributed by atoms with van der Waals surface area (Å²) in [5.74, 6) is -1.26. The van der Waals surface area contributed by atoms with Crippen molar-refractivity contribution in [3.63, 3.8) is 0 Å². The van der Waals surface area contributed by atoms with Crippen molar-refractivity contribution in [2.24, 2.45) is 0 Å². The van der Waals surface area contributed by atoms with E-state index in [1.54, 1.807) is 18.2 Å². The van der Waals surface area contributed by atoms with Gasteiger partial charge in [-0.25, -0.2) is 4.98 Å². The summed E-state index contributed by atoms with van der Waals surface area (Å²) in [5.41, 5.74) is 2.38. The zero-order valence-corrected chi connectivity index (χ0v) is 20.0. The van der Waals surface area contributed by atoms with Crippen molar-refractivity contribution in [2.45, 2.75) is 0 Å². The van der Waals surface area contributed by atoms with E-state index in [2.05, 4.69) is 25.4 Å². The van der Waals surface area contributed by atoms with E-state index in [0.717, 1.165) is 16.0 Å². The van der Waals surface area contributed by atoms with Gasteiger partial charge in [-0.1, -0.05) is 54.6 Å². The number of aromatic nitrogens is 5. The molecule has 2 aromatic carbocycles. The Balaban J connectivity index is 1.41. The van der Waals surface area contributed by atoms with Crippen molar-refractivity contribution < 1.29 is 9.59 Å². The van der Waals surface area contributed by atoms with E-state index >= 15 is 0 Å². The van der Waals surface area contributed by atoms with Gasteiger partial charge in [-0.15, -0.1) is 11.3 Å². The molecule has 9 nitrogen and oxygen atoms in total. The van der Waals surface area contributed by atoms with Gasteiger partial charge in [-0.3, -0.25) is 19.4 Å². The SMILES string of the molecule is O=C(Nc1cc(-c2cccs2)nn1-c1nc(-c2ccccc2)cc(=O)[nH]1)C(=O)c1c[nH]c2ccccc12. The standard InChI is InChI=1S/C27H18N6O3S/c34-24-14-20(16-7-2-1-3-8-16)29-27(31-24)33-23(13-21(32-33)22-11-6-12-37-22)30-26(36)25(35)18-15-28-19-10-5-4-9-17(18)19/h1-15,28H,(H,30,36)(H,29,31,34). The first-order valence-corrected chi connectivity index (χ1v) is 12.2. The zero-order chi connectivity index (χ0) is 25.4. The summed E-state index contributed by atoms with van der Waals surface area (Å²) in [4.78, 5) is 49.8. The Labute approximate surface area is 213 Å². The lowest BCUT2D eigenvalue weighted by Gasteiger charge is -2.09. The minimum Gasteiger partial charge on any atom is -0.360 e. The molecule has 0 aliphatic rings. The van der Waals surface area contributed by atoms with E-state index in [1.165, 1.54) is 28.3 Å². The van der Waals surface area contributed by atoms with Gasteiger partial charge >= 0.3 is 0 Å². The van der Waals surface area contributed by atoms with Crippen molar-refractivity contribution in [3.8, 4) is 27.8 Å². The first kappa shape index (κ1) is 22.4.